The van der Waals surface area contributed by atoms with Gasteiger partial charge in [0.1, 0.15) is 0 Å². The van der Waals surface area contributed by atoms with E-state index in [1.54, 1.807) is 41.2 Å². The van der Waals surface area contributed by atoms with Crippen LogP contribution < -0.4 is 15.6 Å². The first-order chi connectivity index (χ1) is 12.2. The Labute approximate surface area is 168 Å². The van der Waals surface area contributed by atoms with Gasteiger partial charge in [-0.2, -0.15) is 0 Å². The first kappa shape index (κ1) is 19.6. The number of ether oxygens (including phenoxy) is 1. The van der Waals surface area contributed by atoms with E-state index in [0.717, 1.165) is 30.6 Å². The summed E-state index contributed by atoms with van der Waals surface area (Å²) in [5, 5.41) is 16.5. The van der Waals surface area contributed by atoms with Gasteiger partial charge >= 0.3 is 0 Å². The molecular formula is C14H19N5OS5. The van der Waals surface area contributed by atoms with Crippen molar-refractivity contribution in [2.24, 2.45) is 10.3 Å². The minimum absolute atomic E-state index is 0.249. The summed E-state index contributed by atoms with van der Waals surface area (Å²) in [5.41, 5.74) is 1.17. The standard InChI is InChI=1S/C11H15N3OS3.C3H4N2S2/c12-17-11(18-14-5-7-15-8-6-14)13-9-3-1-2-4-10(9)16-11;4-7-3-5-1-2-6-3/h1-4,13H,5-8,12H2;1-2H,4H2. The minimum Gasteiger partial charge on any atom is -0.379 e. The van der Waals surface area contributed by atoms with Crippen LogP contribution in [0.1, 0.15) is 0 Å². The highest BCUT2D eigenvalue weighted by molar-refractivity contribution is 8.33. The number of morpholine rings is 1. The number of rotatable bonds is 4. The SMILES string of the molecule is NSC1(SN2CCOCC2)Nc2ccccc2S1.NSc1nccs1. The summed E-state index contributed by atoms with van der Waals surface area (Å²) in [6.07, 6.45) is 1.74. The first-order valence-electron chi connectivity index (χ1n) is 7.47. The van der Waals surface area contributed by atoms with Crippen LogP contribution >= 0.6 is 58.9 Å². The minimum atomic E-state index is -0.249. The van der Waals surface area contributed by atoms with E-state index < -0.39 is 0 Å². The van der Waals surface area contributed by atoms with Crippen LogP contribution in [0.25, 0.3) is 0 Å². The summed E-state index contributed by atoms with van der Waals surface area (Å²) < 4.78 is 8.37. The second-order valence-electron chi connectivity index (χ2n) is 4.95. The van der Waals surface area contributed by atoms with Crippen LogP contribution in [0.4, 0.5) is 5.69 Å². The van der Waals surface area contributed by atoms with E-state index in [4.69, 9.17) is 15.0 Å². The van der Waals surface area contributed by atoms with Crippen molar-refractivity contribution >= 4 is 64.6 Å². The molecule has 1 saturated heterocycles. The smallest absolute Gasteiger partial charge is 0.211 e. The molecular weight excluding hydrogens is 415 g/mol. The van der Waals surface area contributed by atoms with Gasteiger partial charge in [0.05, 0.1) is 18.9 Å². The Morgan fingerprint density at radius 3 is 2.64 bits per heavy atom. The molecule has 0 amide bonds. The Balaban J connectivity index is 0.000000219. The van der Waals surface area contributed by atoms with Gasteiger partial charge in [0.2, 0.25) is 3.54 Å². The van der Waals surface area contributed by atoms with Crippen LogP contribution in [0, 0.1) is 0 Å². The molecule has 1 fully saturated rings. The number of benzene rings is 1. The molecule has 1 unspecified atom stereocenters. The molecule has 1 aromatic carbocycles. The lowest BCUT2D eigenvalue weighted by molar-refractivity contribution is 0.0772. The average Bonchev–Trinajstić information content (AvgIpc) is 3.30. The van der Waals surface area contributed by atoms with Gasteiger partial charge in [-0.05, 0) is 48.0 Å². The summed E-state index contributed by atoms with van der Waals surface area (Å²) in [6, 6.07) is 8.33. The van der Waals surface area contributed by atoms with Gasteiger partial charge in [-0.15, -0.1) is 11.3 Å². The summed E-state index contributed by atoms with van der Waals surface area (Å²) in [7, 11) is 0. The molecule has 3 heterocycles. The third-order valence-electron chi connectivity index (χ3n) is 3.30. The van der Waals surface area contributed by atoms with Gasteiger partial charge in [0.25, 0.3) is 0 Å². The van der Waals surface area contributed by atoms with E-state index >= 15 is 0 Å². The summed E-state index contributed by atoms with van der Waals surface area (Å²) in [4.78, 5) is 5.15. The molecule has 2 aliphatic rings. The van der Waals surface area contributed by atoms with E-state index in [9.17, 15) is 0 Å². The maximum absolute atomic E-state index is 5.92. The Morgan fingerprint density at radius 1 is 1.24 bits per heavy atom. The topological polar surface area (TPSA) is 89.4 Å². The average molecular weight is 434 g/mol. The second-order valence-corrected chi connectivity index (χ2v) is 10.9. The molecule has 136 valence electrons. The number of nitrogens with two attached hydrogens (primary N) is 2. The van der Waals surface area contributed by atoms with E-state index in [1.807, 2.05) is 11.4 Å². The lowest BCUT2D eigenvalue weighted by atomic mass is 10.3. The molecule has 0 radical (unpaired) electrons. The number of fused-ring (bicyclic) bond motifs is 1. The van der Waals surface area contributed by atoms with E-state index in [2.05, 4.69) is 32.8 Å². The van der Waals surface area contributed by atoms with Crippen molar-refractivity contribution in [1.29, 1.82) is 0 Å². The number of anilines is 1. The van der Waals surface area contributed by atoms with Crippen molar-refractivity contribution in [1.82, 2.24) is 9.29 Å². The zero-order chi connectivity index (χ0) is 17.5. The lowest BCUT2D eigenvalue weighted by Crippen LogP contribution is -2.37. The van der Waals surface area contributed by atoms with E-state index in [1.165, 1.54) is 34.5 Å². The van der Waals surface area contributed by atoms with Crippen LogP contribution in [0.3, 0.4) is 0 Å². The Bertz CT molecular complexity index is 628. The Morgan fingerprint density at radius 2 is 2.04 bits per heavy atom. The molecule has 5 N–H and O–H groups in total. The highest BCUT2D eigenvalue weighted by Gasteiger charge is 2.41. The normalized spacial score (nSPS) is 22.6. The van der Waals surface area contributed by atoms with Crippen molar-refractivity contribution < 1.29 is 4.74 Å². The molecule has 6 nitrogen and oxygen atoms in total. The number of nitrogens with zero attached hydrogens (tertiary/aromatic N) is 2. The number of thiazole rings is 1. The Hall–Kier alpha value is -0.110. The van der Waals surface area contributed by atoms with Crippen molar-refractivity contribution in [3.05, 3.63) is 35.8 Å². The fraction of sp³-hybridized carbons (Fsp3) is 0.357. The summed E-state index contributed by atoms with van der Waals surface area (Å²) >= 11 is 7.65. The zero-order valence-electron chi connectivity index (χ0n) is 13.3. The predicted molar refractivity (Wildman–Crippen MR) is 113 cm³/mol. The summed E-state index contributed by atoms with van der Waals surface area (Å²) in [5.74, 6) is 0. The highest BCUT2D eigenvalue weighted by atomic mass is 32.3. The van der Waals surface area contributed by atoms with E-state index in [0.29, 0.717) is 0 Å². The van der Waals surface area contributed by atoms with Gasteiger partial charge < -0.3 is 10.1 Å². The van der Waals surface area contributed by atoms with Gasteiger partial charge in [0.15, 0.2) is 4.34 Å². The van der Waals surface area contributed by atoms with Gasteiger partial charge in [-0.25, -0.2) is 9.29 Å². The molecule has 1 aromatic heterocycles. The van der Waals surface area contributed by atoms with Crippen LogP contribution in [-0.2, 0) is 4.74 Å². The predicted octanol–water partition coefficient (Wildman–Crippen LogP) is 3.51. The van der Waals surface area contributed by atoms with Crippen LogP contribution in [0.2, 0.25) is 0 Å². The monoisotopic (exact) mass is 433 g/mol. The zero-order valence-corrected chi connectivity index (χ0v) is 17.4. The fourth-order valence-electron chi connectivity index (χ4n) is 2.19. The molecule has 1 atom stereocenters. The molecule has 0 spiro atoms. The maximum atomic E-state index is 5.92. The van der Waals surface area contributed by atoms with Crippen molar-refractivity contribution in [2.75, 3.05) is 31.6 Å². The molecule has 4 rings (SSSR count). The number of nitrogens with one attached hydrogen (secondary N) is 1. The van der Waals surface area contributed by atoms with Gasteiger partial charge in [-0.3, -0.25) is 10.3 Å². The third kappa shape index (κ3) is 5.44. The summed E-state index contributed by atoms with van der Waals surface area (Å²) in [6.45, 7) is 3.50. The van der Waals surface area contributed by atoms with Crippen molar-refractivity contribution in [3.63, 3.8) is 0 Å². The van der Waals surface area contributed by atoms with Crippen molar-refractivity contribution in [3.8, 4) is 0 Å². The number of hydrogen-bond donors (Lipinski definition) is 3. The molecule has 2 aliphatic heterocycles. The quantitative estimate of drug-likeness (QED) is 0.491. The third-order valence-corrected chi connectivity index (χ3v) is 8.60. The maximum Gasteiger partial charge on any atom is 0.211 e. The molecule has 0 bridgehead atoms. The highest BCUT2D eigenvalue weighted by Crippen LogP contribution is 2.56. The molecule has 2 aromatic rings. The molecule has 25 heavy (non-hydrogen) atoms. The number of thioether (sulfide) groups is 1. The lowest BCUT2D eigenvalue weighted by Gasteiger charge is -2.33. The van der Waals surface area contributed by atoms with Crippen LogP contribution in [0.15, 0.2) is 45.1 Å². The molecule has 11 heteroatoms. The Kier molecular flexibility index (Phi) is 7.64. The van der Waals surface area contributed by atoms with Gasteiger partial charge in [0, 0.05) is 29.6 Å². The fourth-order valence-corrected chi connectivity index (χ4v) is 6.56. The number of aromatic nitrogens is 1. The van der Waals surface area contributed by atoms with Crippen LogP contribution in [0.5, 0.6) is 0 Å². The first-order valence-corrected chi connectivity index (χ1v) is 11.7. The van der Waals surface area contributed by atoms with Crippen LogP contribution in [-0.4, -0.2) is 39.1 Å². The molecule has 0 saturated carbocycles. The van der Waals surface area contributed by atoms with Gasteiger partial charge in [-0.1, -0.05) is 23.9 Å². The molecule has 0 aliphatic carbocycles. The number of para-hydroxylation sites is 1. The van der Waals surface area contributed by atoms with E-state index in [-0.39, 0.29) is 3.54 Å². The number of hydrogen-bond acceptors (Lipinski definition) is 11. The second kappa shape index (κ2) is 9.72. The largest absolute Gasteiger partial charge is 0.379 e. The van der Waals surface area contributed by atoms with Crippen molar-refractivity contribution in [2.45, 2.75) is 12.8 Å².